The number of nitrogens with zero attached hydrogens (tertiary/aromatic N) is 3. The fourth-order valence-corrected chi connectivity index (χ4v) is 10.1. The highest BCUT2D eigenvalue weighted by atomic mass is 15.0. The minimum atomic E-state index is -0.151. The lowest BCUT2D eigenvalue weighted by Gasteiger charge is -2.22. The second kappa shape index (κ2) is 14.1. The Morgan fingerprint density at radius 3 is 1.65 bits per heavy atom. The van der Waals surface area contributed by atoms with Crippen molar-refractivity contribution in [2.24, 2.45) is 0 Å². The first-order valence-corrected chi connectivity index (χ1v) is 21.4. The molecule has 0 N–H and O–H groups in total. The molecule has 1 aliphatic carbocycles. The lowest BCUT2D eigenvalue weighted by molar-refractivity contribution is 0.661. The van der Waals surface area contributed by atoms with E-state index in [1.54, 1.807) is 0 Å². The number of para-hydroxylation sites is 2. The van der Waals surface area contributed by atoms with E-state index in [1.165, 1.54) is 66.0 Å². The van der Waals surface area contributed by atoms with E-state index in [0.29, 0.717) is 5.82 Å². The molecule has 0 saturated carbocycles. The van der Waals surface area contributed by atoms with Gasteiger partial charge in [-0.2, -0.15) is 0 Å². The molecule has 0 atom stereocenters. The van der Waals surface area contributed by atoms with Crippen LogP contribution in [0.3, 0.4) is 0 Å². The third kappa shape index (κ3) is 5.59. The Morgan fingerprint density at radius 1 is 0.387 bits per heavy atom. The summed E-state index contributed by atoms with van der Waals surface area (Å²) in [6.07, 6.45) is 0. The Morgan fingerprint density at radius 2 is 0.919 bits per heavy atom. The summed E-state index contributed by atoms with van der Waals surface area (Å²) in [6, 6.07) is 76.5. The summed E-state index contributed by atoms with van der Waals surface area (Å²) in [5.41, 5.74) is 18.2. The van der Waals surface area contributed by atoms with Crippen LogP contribution in [0.1, 0.15) is 25.0 Å². The standard InChI is InChI=1S/C59H41N3/c1-59(2)50-32-17-30-46(56(50)49-35-39-21-9-10-22-40(39)36-51(49)59)42-25-11-13-27-44(42)52-37-53(61-58(60-52)38-19-5-3-6-20-38)45-28-14-12-26-43(45)47-31-18-34-55-57(47)48-29-15-16-33-54(48)62(55)41-23-7-4-8-24-41/h3-37H,1-2H3. The Bertz CT molecular complexity index is 3540. The van der Waals surface area contributed by atoms with Crippen molar-refractivity contribution in [2.75, 3.05) is 0 Å². The number of fused-ring (bicyclic) bond motifs is 7. The van der Waals surface area contributed by atoms with Crippen LogP contribution in [0.2, 0.25) is 0 Å². The summed E-state index contributed by atoms with van der Waals surface area (Å²) >= 11 is 0. The molecule has 0 radical (unpaired) electrons. The van der Waals surface area contributed by atoms with Crippen LogP contribution < -0.4 is 0 Å². The van der Waals surface area contributed by atoms with Crippen molar-refractivity contribution in [3.63, 3.8) is 0 Å². The van der Waals surface area contributed by atoms with Crippen LogP contribution in [0.25, 0.3) is 106 Å². The molecule has 3 nitrogen and oxygen atoms in total. The van der Waals surface area contributed by atoms with Crippen LogP contribution in [0.15, 0.2) is 212 Å². The molecule has 0 spiro atoms. The zero-order valence-corrected chi connectivity index (χ0v) is 34.5. The van der Waals surface area contributed by atoms with Crippen LogP contribution in [0, 0.1) is 0 Å². The molecule has 12 rings (SSSR count). The van der Waals surface area contributed by atoms with Gasteiger partial charge in [-0.3, -0.25) is 0 Å². The minimum absolute atomic E-state index is 0.151. The second-order valence-electron chi connectivity index (χ2n) is 16.9. The summed E-state index contributed by atoms with van der Waals surface area (Å²) in [5, 5.41) is 4.96. The zero-order chi connectivity index (χ0) is 41.4. The maximum Gasteiger partial charge on any atom is 0.160 e. The van der Waals surface area contributed by atoms with Crippen LogP contribution in [0.4, 0.5) is 0 Å². The number of hydrogen-bond acceptors (Lipinski definition) is 2. The number of aromatic nitrogens is 3. The Hall–Kier alpha value is -7.88. The van der Waals surface area contributed by atoms with Gasteiger partial charge >= 0.3 is 0 Å². The van der Waals surface area contributed by atoms with Crippen molar-refractivity contribution >= 4 is 32.6 Å². The highest BCUT2D eigenvalue weighted by molar-refractivity contribution is 6.16. The Balaban J connectivity index is 1.08. The highest BCUT2D eigenvalue weighted by Crippen LogP contribution is 2.54. The van der Waals surface area contributed by atoms with E-state index in [2.05, 4.69) is 225 Å². The van der Waals surface area contributed by atoms with Crippen molar-refractivity contribution in [1.82, 2.24) is 14.5 Å². The Kier molecular flexibility index (Phi) is 8.20. The largest absolute Gasteiger partial charge is 0.309 e. The average molecular weight is 792 g/mol. The first-order chi connectivity index (χ1) is 30.5. The summed E-state index contributed by atoms with van der Waals surface area (Å²) in [6.45, 7) is 4.73. The molecule has 1 aliphatic rings. The van der Waals surface area contributed by atoms with E-state index >= 15 is 0 Å². The van der Waals surface area contributed by atoms with E-state index in [0.717, 1.165) is 44.9 Å². The van der Waals surface area contributed by atoms with Gasteiger partial charge in [0.05, 0.1) is 22.4 Å². The molecule has 2 aromatic heterocycles. The van der Waals surface area contributed by atoms with Crippen LogP contribution in [-0.2, 0) is 5.41 Å². The summed E-state index contributed by atoms with van der Waals surface area (Å²) < 4.78 is 2.38. The molecule has 0 fully saturated rings. The van der Waals surface area contributed by atoms with Crippen LogP contribution in [0.5, 0.6) is 0 Å². The Labute approximate surface area is 361 Å². The lowest BCUT2D eigenvalue weighted by atomic mass is 9.81. The smallest absolute Gasteiger partial charge is 0.160 e. The van der Waals surface area contributed by atoms with E-state index in [1.807, 2.05) is 6.07 Å². The van der Waals surface area contributed by atoms with Crippen molar-refractivity contribution in [2.45, 2.75) is 19.3 Å². The maximum absolute atomic E-state index is 5.41. The SMILES string of the molecule is CC1(C)c2cc3ccccc3cc2-c2c(-c3ccccc3-c3cc(-c4ccccc4-c4cccc5c4c4ccccc4n5-c4ccccc4)nc(-c4ccccc4)n3)cccc21. The molecule has 11 aromatic rings. The quantitative estimate of drug-likeness (QED) is 0.168. The van der Waals surface area contributed by atoms with Crippen LogP contribution >= 0.6 is 0 Å². The molecule has 0 unspecified atom stereocenters. The topological polar surface area (TPSA) is 30.7 Å². The first kappa shape index (κ1) is 36.0. The number of benzene rings is 9. The number of hydrogen-bond donors (Lipinski definition) is 0. The molecule has 0 amide bonds. The van der Waals surface area contributed by atoms with E-state index in [-0.39, 0.29) is 5.41 Å². The third-order valence-corrected chi connectivity index (χ3v) is 13.0. The van der Waals surface area contributed by atoms with Crippen molar-refractivity contribution in [3.8, 4) is 73.0 Å². The molecular weight excluding hydrogens is 751 g/mol. The molecule has 9 aromatic carbocycles. The fraction of sp³-hybridized carbons (Fsp3) is 0.0508. The van der Waals surface area contributed by atoms with Gasteiger partial charge in [0.25, 0.3) is 0 Å². The number of rotatable bonds is 6. The normalized spacial score (nSPS) is 12.8. The first-order valence-electron chi connectivity index (χ1n) is 21.4. The van der Waals surface area contributed by atoms with Gasteiger partial charge < -0.3 is 4.57 Å². The van der Waals surface area contributed by atoms with Gasteiger partial charge in [0, 0.05) is 38.6 Å². The van der Waals surface area contributed by atoms with Gasteiger partial charge in [-0.25, -0.2) is 9.97 Å². The average Bonchev–Trinajstić information content (AvgIpc) is 3.79. The van der Waals surface area contributed by atoms with E-state index < -0.39 is 0 Å². The van der Waals surface area contributed by atoms with Gasteiger partial charge in [-0.05, 0) is 97.7 Å². The van der Waals surface area contributed by atoms with Gasteiger partial charge in [-0.1, -0.05) is 184 Å². The van der Waals surface area contributed by atoms with Crippen molar-refractivity contribution in [3.05, 3.63) is 223 Å². The molecule has 62 heavy (non-hydrogen) atoms. The zero-order valence-electron chi connectivity index (χ0n) is 34.5. The van der Waals surface area contributed by atoms with Crippen LogP contribution in [-0.4, -0.2) is 14.5 Å². The molecule has 2 heterocycles. The predicted octanol–water partition coefficient (Wildman–Crippen LogP) is 15.4. The molecule has 292 valence electrons. The van der Waals surface area contributed by atoms with Gasteiger partial charge in [0.15, 0.2) is 5.82 Å². The monoisotopic (exact) mass is 791 g/mol. The van der Waals surface area contributed by atoms with Crippen molar-refractivity contribution < 1.29 is 0 Å². The third-order valence-electron chi connectivity index (χ3n) is 13.0. The molecular formula is C59H41N3. The molecule has 0 bridgehead atoms. The second-order valence-corrected chi connectivity index (χ2v) is 16.9. The lowest BCUT2D eigenvalue weighted by Crippen LogP contribution is -2.14. The summed E-state index contributed by atoms with van der Waals surface area (Å²) in [5.74, 6) is 0.692. The van der Waals surface area contributed by atoms with Gasteiger partial charge in [0.1, 0.15) is 0 Å². The molecule has 3 heteroatoms. The van der Waals surface area contributed by atoms with Gasteiger partial charge in [0.2, 0.25) is 0 Å². The molecule has 0 saturated heterocycles. The van der Waals surface area contributed by atoms with Crippen molar-refractivity contribution in [1.29, 1.82) is 0 Å². The predicted molar refractivity (Wildman–Crippen MR) is 259 cm³/mol. The van der Waals surface area contributed by atoms with E-state index in [4.69, 9.17) is 9.97 Å². The van der Waals surface area contributed by atoms with E-state index in [9.17, 15) is 0 Å². The fourth-order valence-electron chi connectivity index (χ4n) is 10.1. The highest BCUT2D eigenvalue weighted by Gasteiger charge is 2.37. The molecule has 0 aliphatic heterocycles. The van der Waals surface area contributed by atoms with Gasteiger partial charge in [-0.15, -0.1) is 0 Å². The summed E-state index contributed by atoms with van der Waals surface area (Å²) in [4.78, 5) is 10.8. The maximum atomic E-state index is 5.41. The minimum Gasteiger partial charge on any atom is -0.309 e. The summed E-state index contributed by atoms with van der Waals surface area (Å²) in [7, 11) is 0.